The molecule has 3 aromatic rings. The number of carbonyl (C=O) groups is 1. The molecule has 0 bridgehead atoms. The molecule has 3 nitrogen and oxygen atoms in total. The maximum absolute atomic E-state index is 12.9. The van der Waals surface area contributed by atoms with E-state index in [0.717, 1.165) is 16.5 Å². The van der Waals surface area contributed by atoms with Crippen LogP contribution in [0.3, 0.4) is 0 Å². The number of para-hydroxylation sites is 1. The third kappa shape index (κ3) is 2.50. The highest BCUT2D eigenvalue weighted by molar-refractivity contribution is 6.13. The van der Waals surface area contributed by atoms with E-state index in [-0.39, 0.29) is 5.91 Å². The number of fused-ring (bicyclic) bond motifs is 1. The van der Waals surface area contributed by atoms with Crippen LogP contribution < -0.4 is 4.90 Å². The molecule has 0 saturated heterocycles. The summed E-state index contributed by atoms with van der Waals surface area (Å²) in [5, 5.41) is 1.92. The van der Waals surface area contributed by atoms with Gasteiger partial charge >= 0.3 is 0 Å². The Morgan fingerprint density at radius 1 is 1.05 bits per heavy atom. The van der Waals surface area contributed by atoms with Crippen molar-refractivity contribution in [2.45, 2.75) is 6.92 Å². The van der Waals surface area contributed by atoms with E-state index >= 15 is 0 Å². The van der Waals surface area contributed by atoms with Crippen LogP contribution in [0.25, 0.3) is 10.8 Å². The van der Waals surface area contributed by atoms with Crippen LogP contribution in [0.4, 0.5) is 5.69 Å². The predicted molar refractivity (Wildman–Crippen MR) is 85.5 cm³/mol. The summed E-state index contributed by atoms with van der Waals surface area (Å²) in [5.74, 6) is 0.00213. The van der Waals surface area contributed by atoms with Crippen molar-refractivity contribution in [3.63, 3.8) is 0 Å². The Kier molecular flexibility index (Phi) is 3.65. The van der Waals surface area contributed by atoms with Crippen LogP contribution in [-0.2, 0) is 0 Å². The van der Waals surface area contributed by atoms with Crippen LogP contribution >= 0.6 is 0 Å². The topological polar surface area (TPSA) is 33.2 Å². The van der Waals surface area contributed by atoms with Crippen LogP contribution in [0.2, 0.25) is 0 Å². The van der Waals surface area contributed by atoms with E-state index in [2.05, 4.69) is 4.98 Å². The molecule has 1 aromatic heterocycles. The average Bonchev–Trinajstić information content (AvgIpc) is 2.56. The fourth-order valence-corrected chi connectivity index (χ4v) is 2.50. The van der Waals surface area contributed by atoms with E-state index in [1.54, 1.807) is 17.3 Å². The maximum Gasteiger partial charge on any atom is 0.258 e. The molecule has 0 spiro atoms. The van der Waals surface area contributed by atoms with Crippen LogP contribution in [-0.4, -0.2) is 17.4 Å². The second-order valence-electron chi connectivity index (χ2n) is 4.79. The lowest BCUT2D eigenvalue weighted by atomic mass is 10.1. The summed E-state index contributed by atoms with van der Waals surface area (Å²) in [5.41, 5.74) is 1.59. The van der Waals surface area contributed by atoms with E-state index in [0.29, 0.717) is 12.1 Å². The summed E-state index contributed by atoms with van der Waals surface area (Å²) in [4.78, 5) is 18.8. The fraction of sp³-hybridized carbons (Fsp3) is 0.111. The van der Waals surface area contributed by atoms with Crippen molar-refractivity contribution in [3.05, 3.63) is 72.6 Å². The molecule has 0 aliphatic heterocycles. The maximum atomic E-state index is 12.9. The number of aromatic nitrogens is 1. The lowest BCUT2D eigenvalue weighted by Gasteiger charge is -2.21. The summed E-state index contributed by atoms with van der Waals surface area (Å²) in [6, 6.07) is 17.4. The molecule has 0 unspecified atom stereocenters. The van der Waals surface area contributed by atoms with Gasteiger partial charge in [0.1, 0.15) is 0 Å². The van der Waals surface area contributed by atoms with Gasteiger partial charge in [0, 0.05) is 35.6 Å². The third-order valence-corrected chi connectivity index (χ3v) is 3.54. The quantitative estimate of drug-likeness (QED) is 0.727. The molecule has 2 aromatic carbocycles. The molecule has 1 heterocycles. The largest absolute Gasteiger partial charge is 0.309 e. The third-order valence-electron chi connectivity index (χ3n) is 3.54. The van der Waals surface area contributed by atoms with Gasteiger partial charge in [-0.05, 0) is 36.6 Å². The van der Waals surface area contributed by atoms with Crippen LogP contribution in [0.5, 0.6) is 0 Å². The molecule has 0 aliphatic rings. The molecule has 0 radical (unpaired) electrons. The summed E-state index contributed by atoms with van der Waals surface area (Å²) in [6.45, 7) is 2.60. The van der Waals surface area contributed by atoms with Crippen molar-refractivity contribution in [3.8, 4) is 0 Å². The van der Waals surface area contributed by atoms with Gasteiger partial charge in [0.2, 0.25) is 0 Å². The first-order valence-corrected chi connectivity index (χ1v) is 7.01. The van der Waals surface area contributed by atoms with Crippen molar-refractivity contribution in [1.29, 1.82) is 0 Å². The molecule has 1 amide bonds. The molecule has 3 heteroatoms. The van der Waals surface area contributed by atoms with Gasteiger partial charge in [-0.2, -0.15) is 0 Å². The summed E-state index contributed by atoms with van der Waals surface area (Å²) < 4.78 is 0. The van der Waals surface area contributed by atoms with Crippen molar-refractivity contribution in [2.75, 3.05) is 11.4 Å². The SMILES string of the molecule is CCN(C(=O)c1cccc2ccncc12)c1ccccc1. The van der Waals surface area contributed by atoms with E-state index in [1.165, 1.54) is 0 Å². The zero-order chi connectivity index (χ0) is 14.7. The first-order chi connectivity index (χ1) is 10.3. The Labute approximate surface area is 123 Å². The molecule has 3 rings (SSSR count). The van der Waals surface area contributed by atoms with Gasteiger partial charge < -0.3 is 4.90 Å². The van der Waals surface area contributed by atoms with Crippen molar-refractivity contribution in [2.24, 2.45) is 0 Å². The number of amides is 1. The van der Waals surface area contributed by atoms with Gasteiger partial charge in [0.05, 0.1) is 0 Å². The highest BCUT2D eigenvalue weighted by Crippen LogP contribution is 2.22. The number of nitrogens with zero attached hydrogens (tertiary/aromatic N) is 2. The van der Waals surface area contributed by atoms with Crippen LogP contribution in [0.1, 0.15) is 17.3 Å². The number of pyridine rings is 1. The van der Waals surface area contributed by atoms with Gasteiger partial charge in [0.15, 0.2) is 0 Å². The molecule has 0 saturated carbocycles. The highest BCUT2D eigenvalue weighted by atomic mass is 16.2. The Morgan fingerprint density at radius 3 is 2.62 bits per heavy atom. The van der Waals surface area contributed by atoms with Gasteiger partial charge in [-0.3, -0.25) is 9.78 Å². The highest BCUT2D eigenvalue weighted by Gasteiger charge is 2.17. The second kappa shape index (κ2) is 5.75. The van der Waals surface area contributed by atoms with Gasteiger partial charge in [0.25, 0.3) is 5.91 Å². The standard InChI is InChI=1S/C18H16N2O/c1-2-20(15-8-4-3-5-9-15)18(21)16-10-6-7-14-11-12-19-13-17(14)16/h3-13H,2H2,1H3. The van der Waals surface area contributed by atoms with Crippen LogP contribution in [0.15, 0.2) is 67.0 Å². The normalized spacial score (nSPS) is 10.5. The zero-order valence-corrected chi connectivity index (χ0v) is 11.9. The summed E-state index contributed by atoms with van der Waals surface area (Å²) >= 11 is 0. The average molecular weight is 276 g/mol. The predicted octanol–water partition coefficient (Wildman–Crippen LogP) is 3.90. The van der Waals surface area contributed by atoms with E-state index < -0.39 is 0 Å². The molecular weight excluding hydrogens is 260 g/mol. The Bertz CT molecular complexity index is 763. The molecule has 0 atom stereocenters. The lowest BCUT2D eigenvalue weighted by molar-refractivity contribution is 0.0990. The number of rotatable bonds is 3. The van der Waals surface area contributed by atoms with Crippen molar-refractivity contribution >= 4 is 22.4 Å². The summed E-state index contributed by atoms with van der Waals surface area (Å²) in [6.07, 6.45) is 3.49. The minimum Gasteiger partial charge on any atom is -0.309 e. The number of hydrogen-bond donors (Lipinski definition) is 0. The molecule has 0 N–H and O–H groups in total. The molecule has 21 heavy (non-hydrogen) atoms. The zero-order valence-electron chi connectivity index (χ0n) is 11.9. The van der Waals surface area contributed by atoms with Gasteiger partial charge in [-0.1, -0.05) is 30.3 Å². The first-order valence-electron chi connectivity index (χ1n) is 7.01. The molecule has 0 aliphatic carbocycles. The van der Waals surface area contributed by atoms with E-state index in [1.807, 2.05) is 61.5 Å². The molecular formula is C18H16N2O. The Morgan fingerprint density at radius 2 is 1.86 bits per heavy atom. The fourth-order valence-electron chi connectivity index (χ4n) is 2.50. The monoisotopic (exact) mass is 276 g/mol. The van der Waals surface area contributed by atoms with Crippen LogP contribution in [0, 0.1) is 0 Å². The smallest absolute Gasteiger partial charge is 0.258 e. The van der Waals surface area contributed by atoms with Gasteiger partial charge in [-0.15, -0.1) is 0 Å². The minimum absolute atomic E-state index is 0.00213. The number of anilines is 1. The van der Waals surface area contributed by atoms with Gasteiger partial charge in [-0.25, -0.2) is 0 Å². The molecule has 0 fully saturated rings. The summed E-state index contributed by atoms with van der Waals surface area (Å²) in [7, 11) is 0. The van der Waals surface area contributed by atoms with E-state index in [9.17, 15) is 4.79 Å². The van der Waals surface area contributed by atoms with Crippen molar-refractivity contribution in [1.82, 2.24) is 4.98 Å². The number of hydrogen-bond acceptors (Lipinski definition) is 2. The molecule has 104 valence electrons. The number of carbonyl (C=O) groups excluding carboxylic acids is 1. The second-order valence-corrected chi connectivity index (χ2v) is 4.79. The first kappa shape index (κ1) is 13.3. The minimum atomic E-state index is 0.00213. The van der Waals surface area contributed by atoms with E-state index in [4.69, 9.17) is 0 Å². The number of benzene rings is 2. The Hall–Kier alpha value is -2.68. The Balaban J connectivity index is 2.07. The lowest BCUT2D eigenvalue weighted by Crippen LogP contribution is -2.30. The van der Waals surface area contributed by atoms with Crippen molar-refractivity contribution < 1.29 is 4.79 Å².